The lowest BCUT2D eigenvalue weighted by Gasteiger charge is -2.37. The molecule has 4 nitrogen and oxygen atoms in total. The highest BCUT2D eigenvalue weighted by Gasteiger charge is 2.26. The molecule has 0 amide bonds. The Bertz CT molecular complexity index is 560. The van der Waals surface area contributed by atoms with Crippen molar-refractivity contribution >= 4 is 21.4 Å². The molecule has 21 heavy (non-hydrogen) atoms. The van der Waals surface area contributed by atoms with Crippen molar-refractivity contribution in [3.8, 4) is 0 Å². The van der Waals surface area contributed by atoms with Crippen molar-refractivity contribution in [2.75, 3.05) is 25.4 Å². The minimum absolute atomic E-state index is 0.135. The fraction of sp³-hybridized carbons (Fsp3) is 0.600. The summed E-state index contributed by atoms with van der Waals surface area (Å²) in [6.07, 6.45) is 2.22. The van der Waals surface area contributed by atoms with Crippen molar-refractivity contribution in [1.29, 1.82) is 0 Å². The van der Waals surface area contributed by atoms with Crippen molar-refractivity contribution in [2.45, 2.75) is 30.7 Å². The Morgan fingerprint density at radius 2 is 1.95 bits per heavy atom. The smallest absolute Gasteiger partial charge is 0.179 e. The lowest BCUT2D eigenvalue weighted by Crippen LogP contribution is -2.45. The van der Waals surface area contributed by atoms with Crippen molar-refractivity contribution < 1.29 is 8.42 Å². The van der Waals surface area contributed by atoms with Crippen LogP contribution in [0.15, 0.2) is 29.2 Å². The molecule has 0 radical (unpaired) electrons. The summed E-state index contributed by atoms with van der Waals surface area (Å²) >= 11 is 5.80. The fourth-order valence-corrected chi connectivity index (χ4v) is 4.15. The highest BCUT2D eigenvalue weighted by molar-refractivity contribution is 7.91. The number of halogens is 1. The van der Waals surface area contributed by atoms with Gasteiger partial charge < -0.3 is 5.73 Å². The van der Waals surface area contributed by atoms with E-state index in [4.69, 9.17) is 17.3 Å². The molecule has 1 aliphatic heterocycles. The molecule has 0 spiro atoms. The quantitative estimate of drug-likeness (QED) is 0.898. The molecule has 2 rings (SSSR count). The first-order chi connectivity index (χ1) is 9.92. The van der Waals surface area contributed by atoms with Gasteiger partial charge in [-0.2, -0.15) is 0 Å². The Morgan fingerprint density at radius 3 is 2.57 bits per heavy atom. The van der Waals surface area contributed by atoms with Gasteiger partial charge in [0.15, 0.2) is 9.84 Å². The highest BCUT2D eigenvalue weighted by atomic mass is 35.5. The van der Waals surface area contributed by atoms with E-state index in [1.165, 1.54) is 0 Å². The van der Waals surface area contributed by atoms with Gasteiger partial charge in [-0.25, -0.2) is 8.42 Å². The van der Waals surface area contributed by atoms with Gasteiger partial charge in [0.05, 0.1) is 10.6 Å². The molecular formula is C15H23ClN2O2S. The number of sulfone groups is 1. The Morgan fingerprint density at radius 1 is 1.29 bits per heavy atom. The van der Waals surface area contributed by atoms with Gasteiger partial charge in [0, 0.05) is 24.2 Å². The fourth-order valence-electron chi connectivity index (χ4n) is 2.76. The Kier molecular flexibility index (Phi) is 5.66. The number of hydrogen-bond donors (Lipinski definition) is 1. The van der Waals surface area contributed by atoms with Crippen LogP contribution in [0.2, 0.25) is 5.02 Å². The topological polar surface area (TPSA) is 63.4 Å². The molecule has 118 valence electrons. The second-order valence-electron chi connectivity index (χ2n) is 5.80. The molecule has 0 bridgehead atoms. The van der Waals surface area contributed by atoms with E-state index in [0.29, 0.717) is 35.0 Å². The normalized spacial score (nSPS) is 24.1. The largest absolute Gasteiger partial charge is 0.330 e. The maximum atomic E-state index is 12.3. The number of hydrogen-bond acceptors (Lipinski definition) is 4. The molecule has 2 N–H and O–H groups in total. The van der Waals surface area contributed by atoms with Gasteiger partial charge in [0.1, 0.15) is 0 Å². The first-order valence-corrected chi connectivity index (χ1v) is 9.38. The first kappa shape index (κ1) is 16.7. The minimum atomic E-state index is -3.26. The van der Waals surface area contributed by atoms with Gasteiger partial charge in [0.2, 0.25) is 0 Å². The van der Waals surface area contributed by atoms with Crippen LogP contribution in [0, 0.1) is 5.92 Å². The highest BCUT2D eigenvalue weighted by Crippen LogP contribution is 2.22. The first-order valence-electron chi connectivity index (χ1n) is 7.35. The third-order valence-electron chi connectivity index (χ3n) is 4.26. The molecule has 0 saturated carbocycles. The van der Waals surface area contributed by atoms with Crippen LogP contribution in [0.3, 0.4) is 0 Å². The van der Waals surface area contributed by atoms with E-state index in [0.717, 1.165) is 19.4 Å². The zero-order valence-electron chi connectivity index (χ0n) is 12.3. The summed E-state index contributed by atoms with van der Waals surface area (Å²) in [5.74, 6) is 0.621. The summed E-state index contributed by atoms with van der Waals surface area (Å²) in [6.45, 7) is 4.28. The predicted molar refractivity (Wildman–Crippen MR) is 86.3 cm³/mol. The van der Waals surface area contributed by atoms with Gasteiger partial charge in [0.25, 0.3) is 0 Å². The number of rotatable bonds is 5. The van der Waals surface area contributed by atoms with Gasteiger partial charge in [-0.1, -0.05) is 11.6 Å². The summed E-state index contributed by atoms with van der Waals surface area (Å²) in [4.78, 5) is 2.58. The summed E-state index contributed by atoms with van der Waals surface area (Å²) in [6, 6.07) is 6.79. The molecule has 1 aliphatic rings. The van der Waals surface area contributed by atoms with Crippen LogP contribution < -0.4 is 5.73 Å². The molecule has 6 heteroatoms. The van der Waals surface area contributed by atoms with Crippen LogP contribution in [0.4, 0.5) is 0 Å². The second kappa shape index (κ2) is 7.09. The van der Waals surface area contributed by atoms with Crippen molar-refractivity contribution in [2.24, 2.45) is 11.7 Å². The zero-order chi connectivity index (χ0) is 15.5. The Hall–Kier alpha value is -0.620. The van der Waals surface area contributed by atoms with E-state index in [-0.39, 0.29) is 5.75 Å². The molecule has 1 fully saturated rings. The lowest BCUT2D eigenvalue weighted by molar-refractivity contribution is 0.128. The van der Waals surface area contributed by atoms with E-state index in [2.05, 4.69) is 11.8 Å². The van der Waals surface area contributed by atoms with Crippen molar-refractivity contribution in [3.05, 3.63) is 29.3 Å². The number of nitrogens with two attached hydrogens (primary N) is 1. The molecule has 2 unspecified atom stereocenters. The van der Waals surface area contributed by atoms with Crippen LogP contribution >= 0.6 is 11.6 Å². The van der Waals surface area contributed by atoms with Crippen LogP contribution in [0.5, 0.6) is 0 Å². The van der Waals surface area contributed by atoms with E-state index in [9.17, 15) is 8.42 Å². The average molecular weight is 331 g/mol. The van der Waals surface area contributed by atoms with E-state index >= 15 is 0 Å². The van der Waals surface area contributed by atoms with Crippen LogP contribution in [-0.2, 0) is 9.84 Å². The number of benzene rings is 1. The lowest BCUT2D eigenvalue weighted by atomic mass is 9.94. The standard InChI is InChI=1S/C15H23ClN2O2S/c1-12-2-3-13(10-17)11-18(12)8-9-21(19,20)15-6-4-14(16)5-7-15/h4-7,12-13H,2-3,8-11,17H2,1H3. The van der Waals surface area contributed by atoms with Crippen LogP contribution in [-0.4, -0.2) is 44.7 Å². The van der Waals surface area contributed by atoms with E-state index < -0.39 is 9.84 Å². The Labute approximate surface area is 132 Å². The molecular weight excluding hydrogens is 308 g/mol. The minimum Gasteiger partial charge on any atom is -0.330 e. The summed E-state index contributed by atoms with van der Waals surface area (Å²) in [7, 11) is -3.26. The summed E-state index contributed by atoms with van der Waals surface area (Å²) < 4.78 is 24.7. The third-order valence-corrected chi connectivity index (χ3v) is 6.22. The van der Waals surface area contributed by atoms with E-state index in [1.54, 1.807) is 24.3 Å². The average Bonchev–Trinajstić information content (AvgIpc) is 2.47. The molecule has 0 aliphatic carbocycles. The molecule has 1 aromatic carbocycles. The van der Waals surface area contributed by atoms with Crippen LogP contribution in [0.25, 0.3) is 0 Å². The van der Waals surface area contributed by atoms with Crippen molar-refractivity contribution in [3.63, 3.8) is 0 Å². The molecule has 1 saturated heterocycles. The number of piperidine rings is 1. The van der Waals surface area contributed by atoms with E-state index in [1.807, 2.05) is 0 Å². The second-order valence-corrected chi connectivity index (χ2v) is 8.34. The third kappa shape index (κ3) is 4.42. The van der Waals surface area contributed by atoms with Crippen LogP contribution in [0.1, 0.15) is 19.8 Å². The van der Waals surface area contributed by atoms with Gasteiger partial charge in [-0.05, 0) is 56.5 Å². The Balaban J connectivity index is 1.99. The SMILES string of the molecule is CC1CCC(CN)CN1CCS(=O)(=O)c1ccc(Cl)cc1. The maximum Gasteiger partial charge on any atom is 0.179 e. The number of nitrogens with zero attached hydrogens (tertiary/aromatic N) is 1. The molecule has 2 atom stereocenters. The molecule has 1 heterocycles. The monoisotopic (exact) mass is 330 g/mol. The summed E-state index contributed by atoms with van der Waals surface area (Å²) in [5, 5.41) is 0.546. The van der Waals surface area contributed by atoms with Gasteiger partial charge in [-0.3, -0.25) is 4.90 Å². The molecule has 0 aromatic heterocycles. The van der Waals surface area contributed by atoms with Gasteiger partial charge >= 0.3 is 0 Å². The zero-order valence-corrected chi connectivity index (χ0v) is 13.9. The maximum absolute atomic E-state index is 12.3. The predicted octanol–water partition coefficient (Wildman–Crippen LogP) is 2.17. The van der Waals surface area contributed by atoms with Gasteiger partial charge in [-0.15, -0.1) is 0 Å². The summed E-state index contributed by atoms with van der Waals surface area (Å²) in [5.41, 5.74) is 5.74. The molecule has 1 aromatic rings. The van der Waals surface area contributed by atoms with Crippen molar-refractivity contribution in [1.82, 2.24) is 4.90 Å². The number of likely N-dealkylation sites (tertiary alicyclic amines) is 1.